The van der Waals surface area contributed by atoms with Crippen molar-refractivity contribution in [3.8, 4) is 23.0 Å². The molecule has 0 saturated heterocycles. The highest BCUT2D eigenvalue weighted by atomic mass is 32.1. The molecule has 142 valence electrons. The SMILES string of the molecule is Cc1sc(NC(=O)c2cn(-c3ccccc3)nc2-c2ccccc2)c(C#N)c1C. The van der Waals surface area contributed by atoms with Gasteiger partial charge in [0.25, 0.3) is 5.91 Å². The minimum Gasteiger partial charge on any atom is -0.312 e. The third kappa shape index (κ3) is 3.56. The second-order valence-corrected chi connectivity index (χ2v) is 7.82. The fraction of sp³-hybridized carbons (Fsp3) is 0.0870. The predicted octanol–water partition coefficient (Wildman–Crippen LogP) is 5.34. The number of anilines is 1. The van der Waals surface area contributed by atoms with Crippen LogP contribution < -0.4 is 5.32 Å². The van der Waals surface area contributed by atoms with Crippen molar-refractivity contribution in [2.45, 2.75) is 13.8 Å². The molecule has 2 aromatic carbocycles. The van der Waals surface area contributed by atoms with E-state index in [-0.39, 0.29) is 5.91 Å². The Labute approximate surface area is 172 Å². The molecule has 4 aromatic rings. The summed E-state index contributed by atoms with van der Waals surface area (Å²) in [5.74, 6) is -0.288. The second kappa shape index (κ2) is 7.74. The molecule has 0 bridgehead atoms. The monoisotopic (exact) mass is 398 g/mol. The van der Waals surface area contributed by atoms with Crippen LogP contribution in [0.5, 0.6) is 0 Å². The molecule has 29 heavy (non-hydrogen) atoms. The molecule has 1 amide bonds. The number of para-hydroxylation sites is 1. The summed E-state index contributed by atoms with van der Waals surface area (Å²) in [5, 5.41) is 17.6. The van der Waals surface area contributed by atoms with Crippen LogP contribution in [0.25, 0.3) is 16.9 Å². The molecule has 4 rings (SSSR count). The maximum Gasteiger partial charge on any atom is 0.260 e. The smallest absolute Gasteiger partial charge is 0.260 e. The number of nitriles is 1. The quantitative estimate of drug-likeness (QED) is 0.504. The van der Waals surface area contributed by atoms with Gasteiger partial charge in [-0.05, 0) is 31.5 Å². The second-order valence-electron chi connectivity index (χ2n) is 6.59. The molecule has 1 N–H and O–H groups in total. The van der Waals surface area contributed by atoms with Gasteiger partial charge in [-0.25, -0.2) is 4.68 Å². The average molecular weight is 398 g/mol. The van der Waals surface area contributed by atoms with Crippen LogP contribution >= 0.6 is 11.3 Å². The van der Waals surface area contributed by atoms with Gasteiger partial charge in [0.2, 0.25) is 0 Å². The van der Waals surface area contributed by atoms with Gasteiger partial charge in [-0.2, -0.15) is 10.4 Å². The van der Waals surface area contributed by atoms with Crippen molar-refractivity contribution in [2.24, 2.45) is 0 Å². The Morgan fingerprint density at radius 2 is 1.72 bits per heavy atom. The first kappa shape index (κ1) is 18.7. The number of rotatable bonds is 4. The van der Waals surface area contributed by atoms with Crippen molar-refractivity contribution in [1.29, 1.82) is 5.26 Å². The molecule has 0 saturated carbocycles. The number of amides is 1. The third-order valence-electron chi connectivity index (χ3n) is 4.75. The molecule has 0 radical (unpaired) electrons. The fourth-order valence-corrected chi connectivity index (χ4v) is 4.09. The first-order valence-electron chi connectivity index (χ1n) is 9.10. The number of hydrogen-bond donors (Lipinski definition) is 1. The van der Waals surface area contributed by atoms with Gasteiger partial charge < -0.3 is 5.32 Å². The summed E-state index contributed by atoms with van der Waals surface area (Å²) in [5.41, 5.74) is 4.17. The van der Waals surface area contributed by atoms with E-state index in [2.05, 4.69) is 16.5 Å². The Hall–Kier alpha value is -3.69. The number of thiophene rings is 1. The van der Waals surface area contributed by atoms with Gasteiger partial charge >= 0.3 is 0 Å². The highest BCUT2D eigenvalue weighted by molar-refractivity contribution is 7.16. The zero-order chi connectivity index (χ0) is 20.4. The van der Waals surface area contributed by atoms with E-state index in [1.54, 1.807) is 10.9 Å². The van der Waals surface area contributed by atoms with Crippen LogP contribution in [0, 0.1) is 25.2 Å². The zero-order valence-corrected chi connectivity index (χ0v) is 16.8. The molecule has 0 aliphatic rings. The van der Waals surface area contributed by atoms with Gasteiger partial charge in [0, 0.05) is 16.6 Å². The number of nitrogens with one attached hydrogen (secondary N) is 1. The lowest BCUT2D eigenvalue weighted by Crippen LogP contribution is -2.12. The minimum atomic E-state index is -0.288. The number of aryl methyl sites for hydroxylation is 1. The van der Waals surface area contributed by atoms with Crippen LogP contribution in [0.15, 0.2) is 66.9 Å². The van der Waals surface area contributed by atoms with E-state index in [0.29, 0.717) is 21.8 Å². The summed E-state index contributed by atoms with van der Waals surface area (Å²) in [7, 11) is 0. The summed E-state index contributed by atoms with van der Waals surface area (Å²) >= 11 is 1.41. The van der Waals surface area contributed by atoms with Crippen molar-refractivity contribution in [2.75, 3.05) is 5.32 Å². The van der Waals surface area contributed by atoms with Crippen LogP contribution in [0.3, 0.4) is 0 Å². The molecule has 0 aliphatic heterocycles. The van der Waals surface area contributed by atoms with Crippen molar-refractivity contribution in [1.82, 2.24) is 9.78 Å². The molecule has 0 unspecified atom stereocenters. The lowest BCUT2D eigenvalue weighted by molar-refractivity contribution is 0.102. The van der Waals surface area contributed by atoms with Crippen molar-refractivity contribution >= 4 is 22.2 Å². The number of aromatic nitrogens is 2. The molecule has 2 aromatic heterocycles. The van der Waals surface area contributed by atoms with Crippen LogP contribution in [-0.4, -0.2) is 15.7 Å². The summed E-state index contributed by atoms with van der Waals surface area (Å²) in [6.45, 7) is 3.84. The molecule has 5 nitrogen and oxygen atoms in total. The average Bonchev–Trinajstić information content (AvgIpc) is 3.31. The fourth-order valence-electron chi connectivity index (χ4n) is 3.08. The Bertz CT molecular complexity index is 1220. The predicted molar refractivity (Wildman–Crippen MR) is 115 cm³/mol. The zero-order valence-electron chi connectivity index (χ0n) is 16.0. The molecular weight excluding hydrogens is 380 g/mol. The van der Waals surface area contributed by atoms with Gasteiger partial charge in [0.15, 0.2) is 0 Å². The highest BCUT2D eigenvalue weighted by Crippen LogP contribution is 2.33. The van der Waals surface area contributed by atoms with Gasteiger partial charge in [-0.3, -0.25) is 4.79 Å². The topological polar surface area (TPSA) is 70.7 Å². The Kier molecular flexibility index (Phi) is 4.98. The summed E-state index contributed by atoms with van der Waals surface area (Å²) in [6, 6.07) is 21.5. The number of nitrogens with zero attached hydrogens (tertiary/aromatic N) is 3. The largest absolute Gasteiger partial charge is 0.312 e. The minimum absolute atomic E-state index is 0.288. The van der Waals surface area contributed by atoms with E-state index < -0.39 is 0 Å². The molecule has 0 spiro atoms. The lowest BCUT2D eigenvalue weighted by atomic mass is 10.1. The van der Waals surface area contributed by atoms with Crippen molar-refractivity contribution < 1.29 is 4.79 Å². The number of carbonyl (C=O) groups excluding carboxylic acids is 1. The lowest BCUT2D eigenvalue weighted by Gasteiger charge is -2.04. The molecule has 0 fully saturated rings. The number of hydrogen-bond acceptors (Lipinski definition) is 4. The first-order chi connectivity index (χ1) is 14.1. The maximum atomic E-state index is 13.2. The summed E-state index contributed by atoms with van der Waals surface area (Å²) in [6.07, 6.45) is 1.73. The van der Waals surface area contributed by atoms with Gasteiger partial charge in [0.05, 0.1) is 16.8 Å². The first-order valence-corrected chi connectivity index (χ1v) is 9.92. The van der Waals surface area contributed by atoms with E-state index in [4.69, 9.17) is 0 Å². The third-order valence-corrected chi connectivity index (χ3v) is 5.87. The highest BCUT2D eigenvalue weighted by Gasteiger charge is 2.21. The number of carbonyl (C=O) groups is 1. The van der Waals surface area contributed by atoms with Crippen LogP contribution in [0.1, 0.15) is 26.4 Å². The van der Waals surface area contributed by atoms with Gasteiger partial charge in [-0.15, -0.1) is 11.3 Å². The Morgan fingerprint density at radius 1 is 1.07 bits per heavy atom. The maximum absolute atomic E-state index is 13.2. The van der Waals surface area contributed by atoms with Crippen molar-refractivity contribution in [3.05, 3.63) is 88.4 Å². The normalized spacial score (nSPS) is 10.5. The number of benzene rings is 2. The molecule has 0 atom stereocenters. The summed E-state index contributed by atoms with van der Waals surface area (Å²) in [4.78, 5) is 14.2. The summed E-state index contributed by atoms with van der Waals surface area (Å²) < 4.78 is 1.70. The Morgan fingerprint density at radius 3 is 2.38 bits per heavy atom. The molecule has 0 aliphatic carbocycles. The molecular formula is C23H18N4OS. The van der Waals surface area contributed by atoms with E-state index >= 15 is 0 Å². The van der Waals surface area contributed by atoms with E-state index in [0.717, 1.165) is 21.7 Å². The van der Waals surface area contributed by atoms with E-state index in [1.165, 1.54) is 11.3 Å². The van der Waals surface area contributed by atoms with Crippen molar-refractivity contribution in [3.63, 3.8) is 0 Å². The van der Waals surface area contributed by atoms with Crippen LogP contribution in [0.2, 0.25) is 0 Å². The van der Waals surface area contributed by atoms with E-state index in [9.17, 15) is 10.1 Å². The molecule has 2 heterocycles. The van der Waals surface area contributed by atoms with Gasteiger partial charge in [0.1, 0.15) is 16.8 Å². The van der Waals surface area contributed by atoms with E-state index in [1.807, 2.05) is 74.5 Å². The standard InChI is InChI=1S/C23H18N4OS/c1-15-16(2)29-23(19(15)13-24)25-22(28)20-14-27(18-11-7-4-8-12-18)26-21(20)17-9-5-3-6-10-17/h3-12,14H,1-2H3,(H,25,28). The van der Waals surface area contributed by atoms with Crippen LogP contribution in [0.4, 0.5) is 5.00 Å². The Balaban J connectivity index is 1.78. The molecule has 6 heteroatoms. The van der Waals surface area contributed by atoms with Gasteiger partial charge in [-0.1, -0.05) is 48.5 Å². The van der Waals surface area contributed by atoms with Crippen LogP contribution in [-0.2, 0) is 0 Å².